The smallest absolute Gasteiger partial charge is 0.191 e. The van der Waals surface area contributed by atoms with Crippen LogP contribution in [-0.4, -0.2) is 31.3 Å². The van der Waals surface area contributed by atoms with Gasteiger partial charge in [-0.15, -0.1) is 0 Å². The molecule has 0 saturated carbocycles. The van der Waals surface area contributed by atoms with Gasteiger partial charge in [0.25, 0.3) is 0 Å². The summed E-state index contributed by atoms with van der Waals surface area (Å²) in [7, 11) is 1.78. The SMILES string of the molecule is CN=C(NCCSCc1ccccc1F)NC1CC=CC1. The molecule has 0 unspecified atom stereocenters. The molecule has 0 aromatic heterocycles. The molecule has 114 valence electrons. The molecule has 0 saturated heterocycles. The van der Waals surface area contributed by atoms with E-state index in [1.54, 1.807) is 24.9 Å². The summed E-state index contributed by atoms with van der Waals surface area (Å²) in [6.07, 6.45) is 6.50. The molecule has 21 heavy (non-hydrogen) atoms. The molecule has 1 aliphatic carbocycles. The van der Waals surface area contributed by atoms with Crippen LogP contribution >= 0.6 is 11.8 Å². The molecule has 0 fully saturated rings. The van der Waals surface area contributed by atoms with Gasteiger partial charge in [-0.2, -0.15) is 11.8 Å². The first-order valence-corrected chi connectivity index (χ1v) is 8.38. The average Bonchev–Trinajstić information content (AvgIpc) is 3.00. The highest BCUT2D eigenvalue weighted by molar-refractivity contribution is 7.98. The third kappa shape index (κ3) is 5.42. The number of rotatable bonds is 6. The molecule has 5 heteroatoms. The average molecular weight is 307 g/mol. The van der Waals surface area contributed by atoms with E-state index in [1.165, 1.54) is 6.07 Å². The van der Waals surface area contributed by atoms with Crippen molar-refractivity contribution < 1.29 is 4.39 Å². The van der Waals surface area contributed by atoms with Crippen molar-refractivity contribution >= 4 is 17.7 Å². The van der Waals surface area contributed by atoms with Crippen molar-refractivity contribution in [1.82, 2.24) is 10.6 Å². The van der Waals surface area contributed by atoms with Gasteiger partial charge in [0.15, 0.2) is 5.96 Å². The second-order valence-corrected chi connectivity index (χ2v) is 6.03. The van der Waals surface area contributed by atoms with Gasteiger partial charge < -0.3 is 10.6 Å². The molecular weight excluding hydrogens is 285 g/mol. The minimum absolute atomic E-state index is 0.121. The van der Waals surface area contributed by atoms with Crippen LogP contribution in [0.2, 0.25) is 0 Å². The maximum absolute atomic E-state index is 13.4. The zero-order valence-electron chi connectivity index (χ0n) is 12.3. The number of thioether (sulfide) groups is 1. The van der Waals surface area contributed by atoms with E-state index < -0.39 is 0 Å². The Kier molecular flexibility index (Phi) is 6.60. The molecule has 0 bridgehead atoms. The maximum atomic E-state index is 13.4. The minimum atomic E-state index is -0.121. The number of hydrogen-bond donors (Lipinski definition) is 2. The van der Waals surface area contributed by atoms with Crippen LogP contribution in [0.3, 0.4) is 0 Å². The van der Waals surface area contributed by atoms with E-state index in [4.69, 9.17) is 0 Å². The summed E-state index contributed by atoms with van der Waals surface area (Å²) >= 11 is 1.72. The highest BCUT2D eigenvalue weighted by Crippen LogP contribution is 2.14. The van der Waals surface area contributed by atoms with Gasteiger partial charge in [0.2, 0.25) is 0 Å². The summed E-state index contributed by atoms with van der Waals surface area (Å²) in [5.41, 5.74) is 0.766. The van der Waals surface area contributed by atoms with Crippen molar-refractivity contribution in [1.29, 1.82) is 0 Å². The first-order valence-electron chi connectivity index (χ1n) is 7.23. The van der Waals surface area contributed by atoms with Crippen molar-refractivity contribution in [2.75, 3.05) is 19.3 Å². The number of guanidine groups is 1. The van der Waals surface area contributed by atoms with Crippen molar-refractivity contribution in [3.05, 3.63) is 47.8 Å². The van der Waals surface area contributed by atoms with E-state index >= 15 is 0 Å². The molecule has 0 radical (unpaired) electrons. The lowest BCUT2D eigenvalue weighted by Gasteiger charge is -2.16. The second kappa shape index (κ2) is 8.72. The van der Waals surface area contributed by atoms with Crippen LogP contribution in [0, 0.1) is 5.82 Å². The fourth-order valence-corrected chi connectivity index (χ4v) is 3.01. The second-order valence-electron chi connectivity index (χ2n) is 4.93. The lowest BCUT2D eigenvalue weighted by atomic mass is 10.2. The van der Waals surface area contributed by atoms with E-state index in [0.29, 0.717) is 11.8 Å². The molecule has 1 aromatic carbocycles. The Labute approximate surface area is 130 Å². The monoisotopic (exact) mass is 307 g/mol. The van der Waals surface area contributed by atoms with Gasteiger partial charge in [-0.3, -0.25) is 4.99 Å². The van der Waals surface area contributed by atoms with Crippen LogP contribution in [-0.2, 0) is 5.75 Å². The first-order chi connectivity index (χ1) is 10.3. The molecule has 1 aliphatic rings. The summed E-state index contributed by atoms with van der Waals surface area (Å²) < 4.78 is 13.4. The number of nitrogens with one attached hydrogen (secondary N) is 2. The number of nitrogens with zero attached hydrogens (tertiary/aromatic N) is 1. The van der Waals surface area contributed by atoms with E-state index in [9.17, 15) is 4.39 Å². The predicted octanol–water partition coefficient (Wildman–Crippen LogP) is 2.94. The largest absolute Gasteiger partial charge is 0.356 e. The lowest BCUT2D eigenvalue weighted by Crippen LogP contribution is -2.43. The van der Waals surface area contributed by atoms with Crippen molar-refractivity contribution in [3.8, 4) is 0 Å². The Balaban J connectivity index is 1.61. The van der Waals surface area contributed by atoms with Gasteiger partial charge in [0.1, 0.15) is 5.82 Å². The summed E-state index contributed by atoms with van der Waals surface area (Å²) in [4.78, 5) is 4.22. The summed E-state index contributed by atoms with van der Waals surface area (Å²) in [5, 5.41) is 6.68. The van der Waals surface area contributed by atoms with Gasteiger partial charge in [-0.25, -0.2) is 4.39 Å². The molecule has 2 rings (SSSR count). The molecule has 0 heterocycles. The number of aliphatic imine (C=N–C) groups is 1. The van der Waals surface area contributed by atoms with Crippen LogP contribution in [0.25, 0.3) is 0 Å². The van der Waals surface area contributed by atoms with Gasteiger partial charge in [-0.1, -0.05) is 30.4 Å². The normalized spacial score (nSPS) is 15.4. The number of hydrogen-bond acceptors (Lipinski definition) is 2. The van der Waals surface area contributed by atoms with Gasteiger partial charge >= 0.3 is 0 Å². The Bertz CT molecular complexity index is 494. The molecule has 0 atom stereocenters. The molecular formula is C16H22FN3S. The quantitative estimate of drug-likeness (QED) is 0.367. The number of halogens is 1. The van der Waals surface area contributed by atoms with Crippen molar-refractivity contribution in [2.45, 2.75) is 24.6 Å². The van der Waals surface area contributed by atoms with Crippen LogP contribution in [0.5, 0.6) is 0 Å². The molecule has 0 spiro atoms. The van der Waals surface area contributed by atoms with Crippen molar-refractivity contribution in [2.24, 2.45) is 4.99 Å². The standard InChI is InChI=1S/C16H22FN3S/c1-18-16(20-14-7-3-4-8-14)19-10-11-21-12-13-6-2-5-9-15(13)17/h2-6,9,14H,7-8,10-12H2,1H3,(H2,18,19,20). The highest BCUT2D eigenvalue weighted by Gasteiger charge is 2.11. The van der Waals surface area contributed by atoms with E-state index in [-0.39, 0.29) is 5.82 Å². The fraction of sp³-hybridized carbons (Fsp3) is 0.438. The number of benzene rings is 1. The summed E-state index contributed by atoms with van der Waals surface area (Å²) in [6, 6.07) is 7.40. The first kappa shape index (κ1) is 15.9. The van der Waals surface area contributed by atoms with Crippen LogP contribution in [0.15, 0.2) is 41.4 Å². The van der Waals surface area contributed by atoms with E-state index in [0.717, 1.165) is 36.7 Å². The van der Waals surface area contributed by atoms with Gasteiger partial charge in [0.05, 0.1) is 0 Å². The lowest BCUT2D eigenvalue weighted by molar-refractivity contribution is 0.617. The minimum Gasteiger partial charge on any atom is -0.356 e. The van der Waals surface area contributed by atoms with Gasteiger partial charge in [-0.05, 0) is 24.5 Å². The van der Waals surface area contributed by atoms with E-state index in [1.807, 2.05) is 12.1 Å². The maximum Gasteiger partial charge on any atom is 0.191 e. The third-order valence-corrected chi connectivity index (χ3v) is 4.33. The summed E-state index contributed by atoms with van der Waals surface area (Å²) in [6.45, 7) is 0.818. The molecule has 1 aromatic rings. The third-order valence-electron chi connectivity index (χ3n) is 3.33. The Morgan fingerprint density at radius 3 is 2.81 bits per heavy atom. The van der Waals surface area contributed by atoms with Crippen LogP contribution in [0.1, 0.15) is 18.4 Å². The van der Waals surface area contributed by atoms with Crippen LogP contribution in [0.4, 0.5) is 4.39 Å². The Morgan fingerprint density at radius 1 is 1.33 bits per heavy atom. The topological polar surface area (TPSA) is 36.4 Å². The van der Waals surface area contributed by atoms with Gasteiger partial charge in [0, 0.05) is 31.1 Å². The molecule has 2 N–H and O–H groups in total. The predicted molar refractivity (Wildman–Crippen MR) is 89.2 cm³/mol. The Hall–Kier alpha value is -1.49. The van der Waals surface area contributed by atoms with E-state index in [2.05, 4.69) is 27.8 Å². The zero-order chi connectivity index (χ0) is 14.9. The molecule has 0 amide bonds. The zero-order valence-corrected chi connectivity index (χ0v) is 13.1. The Morgan fingerprint density at radius 2 is 2.10 bits per heavy atom. The van der Waals surface area contributed by atoms with Crippen LogP contribution < -0.4 is 10.6 Å². The highest BCUT2D eigenvalue weighted by atomic mass is 32.2. The van der Waals surface area contributed by atoms with Crippen molar-refractivity contribution in [3.63, 3.8) is 0 Å². The summed E-state index contributed by atoms with van der Waals surface area (Å²) in [5.74, 6) is 2.34. The fourth-order valence-electron chi connectivity index (χ4n) is 2.16. The molecule has 3 nitrogen and oxygen atoms in total. The molecule has 0 aliphatic heterocycles.